The van der Waals surface area contributed by atoms with Crippen molar-refractivity contribution in [3.8, 4) is 33.6 Å². The summed E-state index contributed by atoms with van der Waals surface area (Å²) in [5.41, 5.74) is 13.3. The topological polar surface area (TPSA) is 105 Å². The van der Waals surface area contributed by atoms with Gasteiger partial charge in [0, 0.05) is 85.8 Å². The lowest BCUT2D eigenvalue weighted by Gasteiger charge is -2.32. The summed E-state index contributed by atoms with van der Waals surface area (Å²) in [5.74, 6) is 0.778. The predicted octanol–water partition coefficient (Wildman–Crippen LogP) is 3.42. The molecule has 5 heterocycles. The number of nitrogens with zero attached hydrogens (tertiary/aromatic N) is 7. The number of fused-ring (bicyclic) bond motifs is 1. The first-order chi connectivity index (χ1) is 17.0. The van der Waals surface area contributed by atoms with Crippen LogP contribution in [0.5, 0.6) is 0 Å². The number of H-pyrrole nitrogens is 1. The molecular formula is C26H27N9. The number of benzene rings is 1. The molecule has 9 heteroatoms. The van der Waals surface area contributed by atoms with Crippen LogP contribution in [0.4, 0.5) is 11.6 Å². The molecule has 0 unspecified atom stereocenters. The van der Waals surface area contributed by atoms with Crippen molar-refractivity contribution in [3.63, 3.8) is 0 Å². The number of piperazine rings is 1. The van der Waals surface area contributed by atoms with Crippen molar-refractivity contribution in [1.29, 1.82) is 0 Å². The molecule has 6 rings (SSSR count). The van der Waals surface area contributed by atoms with Crippen molar-refractivity contribution in [2.24, 2.45) is 7.05 Å². The lowest BCUT2D eigenvalue weighted by molar-refractivity contribution is 0.311. The smallest absolute Gasteiger partial charge is 0.225 e. The Labute approximate surface area is 203 Å². The van der Waals surface area contributed by atoms with E-state index >= 15 is 0 Å². The van der Waals surface area contributed by atoms with Gasteiger partial charge < -0.3 is 20.5 Å². The number of pyridine rings is 1. The fourth-order valence-electron chi connectivity index (χ4n) is 4.59. The molecule has 3 N–H and O–H groups in total. The molecule has 0 saturated carbocycles. The van der Waals surface area contributed by atoms with Crippen molar-refractivity contribution in [2.45, 2.75) is 0 Å². The number of aryl methyl sites for hydroxylation is 1. The minimum Gasteiger partial charge on any atom is -0.399 e. The molecule has 1 aliphatic rings. The van der Waals surface area contributed by atoms with Gasteiger partial charge in [0.1, 0.15) is 11.3 Å². The second-order valence-corrected chi connectivity index (χ2v) is 9.05. The molecule has 35 heavy (non-hydrogen) atoms. The van der Waals surface area contributed by atoms with Crippen molar-refractivity contribution in [3.05, 3.63) is 61.2 Å². The van der Waals surface area contributed by atoms with E-state index in [2.05, 4.69) is 42.8 Å². The summed E-state index contributed by atoms with van der Waals surface area (Å²) in [6.07, 6.45) is 7.63. The quantitative estimate of drug-likeness (QED) is 0.392. The number of nitrogens with one attached hydrogen (secondary N) is 1. The minimum atomic E-state index is 0.730. The molecule has 1 aromatic carbocycles. The molecule has 1 fully saturated rings. The van der Waals surface area contributed by atoms with E-state index in [9.17, 15) is 0 Å². The average Bonchev–Trinajstić information content (AvgIpc) is 3.49. The van der Waals surface area contributed by atoms with Gasteiger partial charge in [-0.2, -0.15) is 5.10 Å². The van der Waals surface area contributed by atoms with Crippen LogP contribution in [-0.2, 0) is 7.05 Å². The number of hydrogen-bond acceptors (Lipinski definition) is 7. The zero-order valence-corrected chi connectivity index (χ0v) is 19.8. The highest BCUT2D eigenvalue weighted by atomic mass is 15.3. The van der Waals surface area contributed by atoms with E-state index < -0.39 is 0 Å². The molecule has 5 aromatic rings. The van der Waals surface area contributed by atoms with Gasteiger partial charge in [0.05, 0.1) is 5.69 Å². The summed E-state index contributed by atoms with van der Waals surface area (Å²) < 4.78 is 1.84. The van der Waals surface area contributed by atoms with Gasteiger partial charge in [-0.1, -0.05) is 12.1 Å². The van der Waals surface area contributed by atoms with E-state index in [0.29, 0.717) is 0 Å². The summed E-state index contributed by atoms with van der Waals surface area (Å²) in [6, 6.07) is 11.9. The van der Waals surface area contributed by atoms with Gasteiger partial charge >= 0.3 is 0 Å². The van der Waals surface area contributed by atoms with Crippen LogP contribution in [0.2, 0.25) is 0 Å². The van der Waals surface area contributed by atoms with E-state index in [1.54, 1.807) is 0 Å². The summed E-state index contributed by atoms with van der Waals surface area (Å²) in [5, 5.41) is 5.76. The van der Waals surface area contributed by atoms with E-state index in [-0.39, 0.29) is 0 Å². The van der Waals surface area contributed by atoms with Gasteiger partial charge in [0.2, 0.25) is 5.95 Å². The van der Waals surface area contributed by atoms with Crippen LogP contribution in [0.3, 0.4) is 0 Å². The lowest BCUT2D eigenvalue weighted by Crippen LogP contribution is -2.45. The molecule has 0 radical (unpaired) electrons. The van der Waals surface area contributed by atoms with E-state index in [0.717, 1.165) is 82.5 Å². The highest BCUT2D eigenvalue weighted by molar-refractivity contribution is 5.99. The Hall–Kier alpha value is -4.24. The first kappa shape index (κ1) is 21.3. The summed E-state index contributed by atoms with van der Waals surface area (Å²) in [6.45, 7) is 3.93. The third-order valence-electron chi connectivity index (χ3n) is 6.57. The third kappa shape index (κ3) is 4.00. The second kappa shape index (κ2) is 8.52. The van der Waals surface area contributed by atoms with Crippen molar-refractivity contribution >= 4 is 22.7 Å². The number of aromatic nitrogens is 6. The maximum Gasteiger partial charge on any atom is 0.225 e. The number of rotatable bonds is 4. The molecule has 0 bridgehead atoms. The monoisotopic (exact) mass is 465 g/mol. The molecule has 1 aliphatic heterocycles. The maximum atomic E-state index is 5.90. The maximum absolute atomic E-state index is 5.90. The van der Waals surface area contributed by atoms with E-state index in [1.807, 2.05) is 66.8 Å². The molecular weight excluding hydrogens is 438 g/mol. The standard InChI is InChI=1S/C26H27N9/c1-33-9-11-35(12-10-33)26-29-14-18(15-30-26)23-13-21-20(7-8-28-25(21)31-23)22-16-34(2)32-24(22)17-3-5-19(27)6-4-17/h3-8,13-16H,9-12,27H2,1-2H3,(H,28,31). The van der Waals surface area contributed by atoms with Crippen LogP contribution in [-0.4, -0.2) is 67.8 Å². The van der Waals surface area contributed by atoms with Crippen LogP contribution >= 0.6 is 0 Å². The predicted molar refractivity (Wildman–Crippen MR) is 139 cm³/mol. The zero-order chi connectivity index (χ0) is 23.9. The molecule has 0 aliphatic carbocycles. The SMILES string of the molecule is CN1CCN(c2ncc(-c3cc4c(-c5cn(C)nc5-c5ccc(N)cc5)ccnc4[nH]3)cn2)CC1. The molecule has 4 aromatic heterocycles. The first-order valence-corrected chi connectivity index (χ1v) is 11.7. The fourth-order valence-corrected chi connectivity index (χ4v) is 4.59. The molecule has 176 valence electrons. The molecule has 0 atom stereocenters. The number of likely N-dealkylation sites (N-methyl/N-ethyl adjacent to an activating group) is 1. The lowest BCUT2D eigenvalue weighted by atomic mass is 10.00. The van der Waals surface area contributed by atoms with Gasteiger partial charge in [-0.25, -0.2) is 15.0 Å². The highest BCUT2D eigenvalue weighted by Gasteiger charge is 2.18. The minimum absolute atomic E-state index is 0.730. The second-order valence-electron chi connectivity index (χ2n) is 9.05. The normalized spacial score (nSPS) is 14.6. The van der Waals surface area contributed by atoms with Crippen LogP contribution in [0, 0.1) is 0 Å². The Bertz CT molecular complexity index is 1470. The molecule has 9 nitrogen and oxygen atoms in total. The Kier molecular flexibility index (Phi) is 5.18. The molecule has 0 spiro atoms. The number of anilines is 2. The number of hydrogen-bond donors (Lipinski definition) is 2. The third-order valence-corrected chi connectivity index (χ3v) is 6.57. The van der Waals surface area contributed by atoms with Crippen LogP contribution in [0.1, 0.15) is 0 Å². The summed E-state index contributed by atoms with van der Waals surface area (Å²) in [4.78, 5) is 21.9. The van der Waals surface area contributed by atoms with Gasteiger partial charge in [0.15, 0.2) is 0 Å². The van der Waals surface area contributed by atoms with Crippen LogP contribution in [0.25, 0.3) is 44.7 Å². The van der Waals surface area contributed by atoms with Crippen molar-refractivity contribution in [2.75, 3.05) is 43.9 Å². The van der Waals surface area contributed by atoms with Crippen LogP contribution < -0.4 is 10.6 Å². The van der Waals surface area contributed by atoms with Gasteiger partial charge in [-0.15, -0.1) is 0 Å². The van der Waals surface area contributed by atoms with Crippen molar-refractivity contribution < 1.29 is 0 Å². The van der Waals surface area contributed by atoms with Gasteiger partial charge in [-0.3, -0.25) is 4.68 Å². The zero-order valence-electron chi connectivity index (χ0n) is 19.8. The fraction of sp³-hybridized carbons (Fsp3) is 0.231. The Morgan fingerprint density at radius 3 is 2.34 bits per heavy atom. The van der Waals surface area contributed by atoms with Crippen LogP contribution in [0.15, 0.2) is 61.2 Å². The van der Waals surface area contributed by atoms with Gasteiger partial charge in [-0.05, 0) is 36.9 Å². The highest BCUT2D eigenvalue weighted by Crippen LogP contribution is 2.36. The summed E-state index contributed by atoms with van der Waals surface area (Å²) in [7, 11) is 4.08. The number of aromatic amines is 1. The van der Waals surface area contributed by atoms with E-state index in [4.69, 9.17) is 10.8 Å². The molecule has 1 saturated heterocycles. The first-order valence-electron chi connectivity index (χ1n) is 11.7. The van der Waals surface area contributed by atoms with Crippen molar-refractivity contribution in [1.82, 2.24) is 34.6 Å². The Balaban J connectivity index is 1.36. The Morgan fingerprint density at radius 2 is 1.60 bits per heavy atom. The Morgan fingerprint density at radius 1 is 0.857 bits per heavy atom. The molecule has 0 amide bonds. The largest absolute Gasteiger partial charge is 0.399 e. The van der Waals surface area contributed by atoms with E-state index in [1.165, 1.54) is 0 Å². The average molecular weight is 466 g/mol. The van der Waals surface area contributed by atoms with Gasteiger partial charge in [0.25, 0.3) is 0 Å². The number of nitrogen functional groups attached to an aromatic ring is 1. The summed E-state index contributed by atoms with van der Waals surface area (Å²) >= 11 is 0. The number of nitrogens with two attached hydrogens (primary N) is 1.